The second-order valence-electron chi connectivity index (χ2n) is 4.21. The number of carbonyl (C=O) groups is 1. The minimum Gasteiger partial charge on any atom is -0.478 e. The van der Waals surface area contributed by atoms with Crippen LogP contribution in [0.3, 0.4) is 0 Å². The molecule has 1 aromatic heterocycles. The summed E-state index contributed by atoms with van der Waals surface area (Å²) in [6.07, 6.45) is 1.16. The van der Waals surface area contributed by atoms with Gasteiger partial charge in [-0.05, 0) is 19.1 Å². The lowest BCUT2D eigenvalue weighted by molar-refractivity contribution is 0.0696. The Morgan fingerprint density at radius 2 is 2.06 bits per heavy atom. The standard InChI is InChI=1S/C11H16N2O4S/c1-8-6-9(11(14)15)7-10(12-8)13(2)4-5-18(3,16)17/h6-7H,4-5H2,1-3H3,(H,14,15). The molecule has 0 aliphatic heterocycles. The number of aromatic nitrogens is 1. The van der Waals surface area contributed by atoms with Crippen LogP contribution in [0.15, 0.2) is 12.1 Å². The third-order valence-corrected chi connectivity index (χ3v) is 3.30. The van der Waals surface area contributed by atoms with Crippen molar-refractivity contribution in [2.75, 3.05) is 30.5 Å². The lowest BCUT2D eigenvalue weighted by Gasteiger charge is -2.18. The fourth-order valence-corrected chi connectivity index (χ4v) is 1.99. The topological polar surface area (TPSA) is 87.6 Å². The van der Waals surface area contributed by atoms with E-state index in [-0.39, 0.29) is 17.9 Å². The molecule has 0 saturated heterocycles. The summed E-state index contributed by atoms with van der Waals surface area (Å²) in [7, 11) is -1.37. The summed E-state index contributed by atoms with van der Waals surface area (Å²) >= 11 is 0. The minimum absolute atomic E-state index is 0.00151. The number of aromatic carboxylic acids is 1. The normalized spacial score (nSPS) is 11.3. The van der Waals surface area contributed by atoms with Gasteiger partial charge in [0.1, 0.15) is 15.7 Å². The molecule has 1 heterocycles. The van der Waals surface area contributed by atoms with Crippen LogP contribution in [-0.2, 0) is 9.84 Å². The molecule has 0 atom stereocenters. The highest BCUT2D eigenvalue weighted by Gasteiger charge is 2.11. The molecule has 100 valence electrons. The monoisotopic (exact) mass is 272 g/mol. The Morgan fingerprint density at radius 3 is 2.56 bits per heavy atom. The number of sulfone groups is 1. The molecule has 0 fully saturated rings. The average Bonchev–Trinajstić information content (AvgIpc) is 2.23. The van der Waals surface area contributed by atoms with E-state index in [0.717, 1.165) is 6.26 Å². The molecule has 18 heavy (non-hydrogen) atoms. The molecule has 0 bridgehead atoms. The second-order valence-corrected chi connectivity index (χ2v) is 6.47. The molecule has 1 aromatic rings. The Labute approximate surface area is 106 Å². The van der Waals surface area contributed by atoms with Gasteiger partial charge in [-0.2, -0.15) is 0 Å². The lowest BCUT2D eigenvalue weighted by atomic mass is 10.2. The van der Waals surface area contributed by atoms with Crippen LogP contribution in [0.2, 0.25) is 0 Å². The van der Waals surface area contributed by atoms with Gasteiger partial charge in [-0.25, -0.2) is 18.2 Å². The Bertz CT molecular complexity index is 554. The van der Waals surface area contributed by atoms with Gasteiger partial charge in [0.2, 0.25) is 0 Å². The van der Waals surface area contributed by atoms with Crippen molar-refractivity contribution in [3.8, 4) is 0 Å². The van der Waals surface area contributed by atoms with Gasteiger partial charge in [-0.15, -0.1) is 0 Å². The van der Waals surface area contributed by atoms with Crippen LogP contribution in [0.1, 0.15) is 16.1 Å². The van der Waals surface area contributed by atoms with Crippen molar-refractivity contribution < 1.29 is 18.3 Å². The van der Waals surface area contributed by atoms with E-state index in [1.165, 1.54) is 12.1 Å². The highest BCUT2D eigenvalue weighted by atomic mass is 32.2. The highest BCUT2D eigenvalue weighted by Crippen LogP contribution is 2.13. The summed E-state index contributed by atoms with van der Waals surface area (Å²) in [5.74, 6) is -0.573. The van der Waals surface area contributed by atoms with Gasteiger partial charge in [0.15, 0.2) is 0 Å². The number of rotatable bonds is 5. The molecule has 0 saturated carbocycles. The largest absolute Gasteiger partial charge is 0.478 e. The van der Waals surface area contributed by atoms with Gasteiger partial charge in [0, 0.05) is 25.5 Å². The van der Waals surface area contributed by atoms with Crippen molar-refractivity contribution in [3.63, 3.8) is 0 Å². The Hall–Kier alpha value is -1.63. The van der Waals surface area contributed by atoms with Gasteiger partial charge in [-0.3, -0.25) is 0 Å². The molecular weight excluding hydrogens is 256 g/mol. The first-order chi connectivity index (χ1) is 8.19. The number of nitrogens with zero attached hydrogens (tertiary/aromatic N) is 2. The fraction of sp³-hybridized carbons (Fsp3) is 0.455. The van der Waals surface area contributed by atoms with E-state index in [1.807, 2.05) is 0 Å². The molecular formula is C11H16N2O4S. The fourth-order valence-electron chi connectivity index (χ4n) is 1.39. The molecule has 6 nitrogen and oxygen atoms in total. The van der Waals surface area contributed by atoms with E-state index in [2.05, 4.69) is 4.98 Å². The molecule has 0 radical (unpaired) electrons. The zero-order chi connectivity index (χ0) is 13.9. The summed E-state index contributed by atoms with van der Waals surface area (Å²) in [5.41, 5.74) is 0.722. The smallest absolute Gasteiger partial charge is 0.335 e. The molecule has 7 heteroatoms. The second kappa shape index (κ2) is 5.34. The molecule has 0 spiro atoms. The molecule has 0 aromatic carbocycles. The summed E-state index contributed by atoms with van der Waals surface area (Å²) in [6.45, 7) is 1.97. The highest BCUT2D eigenvalue weighted by molar-refractivity contribution is 7.90. The number of hydrogen-bond acceptors (Lipinski definition) is 5. The van der Waals surface area contributed by atoms with Crippen molar-refractivity contribution in [1.82, 2.24) is 4.98 Å². The molecule has 0 unspecified atom stereocenters. The first kappa shape index (κ1) is 14.4. The SMILES string of the molecule is Cc1cc(C(=O)O)cc(N(C)CCS(C)(=O)=O)n1. The van der Waals surface area contributed by atoms with Crippen molar-refractivity contribution in [2.24, 2.45) is 0 Å². The van der Waals surface area contributed by atoms with E-state index in [4.69, 9.17) is 5.11 Å². The van der Waals surface area contributed by atoms with Crippen LogP contribution in [-0.4, -0.2) is 50.1 Å². The van der Waals surface area contributed by atoms with E-state index < -0.39 is 15.8 Å². The zero-order valence-electron chi connectivity index (χ0n) is 10.5. The molecule has 1 N–H and O–H groups in total. The van der Waals surface area contributed by atoms with Crippen molar-refractivity contribution >= 4 is 21.6 Å². The van der Waals surface area contributed by atoms with E-state index in [1.54, 1.807) is 18.9 Å². The first-order valence-corrected chi connectivity index (χ1v) is 7.36. The zero-order valence-corrected chi connectivity index (χ0v) is 11.4. The average molecular weight is 272 g/mol. The van der Waals surface area contributed by atoms with Crippen molar-refractivity contribution in [2.45, 2.75) is 6.92 Å². The third kappa shape index (κ3) is 4.33. The van der Waals surface area contributed by atoms with Crippen LogP contribution >= 0.6 is 0 Å². The van der Waals surface area contributed by atoms with Gasteiger partial charge in [0.25, 0.3) is 0 Å². The summed E-state index contributed by atoms with van der Waals surface area (Å²) in [4.78, 5) is 16.7. The van der Waals surface area contributed by atoms with Gasteiger partial charge in [-0.1, -0.05) is 0 Å². The van der Waals surface area contributed by atoms with E-state index in [0.29, 0.717) is 11.5 Å². The van der Waals surface area contributed by atoms with Crippen LogP contribution in [0, 0.1) is 6.92 Å². The predicted molar refractivity (Wildman–Crippen MR) is 68.9 cm³/mol. The molecule has 1 rings (SSSR count). The number of pyridine rings is 1. The van der Waals surface area contributed by atoms with Gasteiger partial charge in [0.05, 0.1) is 11.3 Å². The molecule has 0 aliphatic rings. The van der Waals surface area contributed by atoms with Crippen LogP contribution in [0.5, 0.6) is 0 Å². The minimum atomic E-state index is -3.05. The van der Waals surface area contributed by atoms with Crippen molar-refractivity contribution in [3.05, 3.63) is 23.4 Å². The van der Waals surface area contributed by atoms with Crippen molar-refractivity contribution in [1.29, 1.82) is 0 Å². The number of aryl methyl sites for hydroxylation is 1. The third-order valence-electron chi connectivity index (χ3n) is 2.38. The van der Waals surface area contributed by atoms with Crippen LogP contribution in [0.25, 0.3) is 0 Å². The van der Waals surface area contributed by atoms with Gasteiger partial charge >= 0.3 is 5.97 Å². The summed E-state index contributed by atoms with van der Waals surface area (Å²) in [6, 6.07) is 2.90. The first-order valence-electron chi connectivity index (χ1n) is 5.30. The molecule has 0 amide bonds. The van der Waals surface area contributed by atoms with E-state index >= 15 is 0 Å². The number of hydrogen-bond donors (Lipinski definition) is 1. The quantitative estimate of drug-likeness (QED) is 0.843. The van der Waals surface area contributed by atoms with Crippen LogP contribution < -0.4 is 4.90 Å². The Morgan fingerprint density at radius 1 is 1.44 bits per heavy atom. The maximum Gasteiger partial charge on any atom is 0.335 e. The molecule has 0 aliphatic carbocycles. The van der Waals surface area contributed by atoms with E-state index in [9.17, 15) is 13.2 Å². The number of anilines is 1. The summed E-state index contributed by atoms with van der Waals surface area (Å²) in [5, 5.41) is 8.93. The summed E-state index contributed by atoms with van der Waals surface area (Å²) < 4.78 is 22.1. The maximum atomic E-state index is 11.1. The number of carboxylic acid groups (broad SMARTS) is 1. The van der Waals surface area contributed by atoms with Crippen LogP contribution in [0.4, 0.5) is 5.82 Å². The number of carboxylic acids is 1. The lowest BCUT2D eigenvalue weighted by Crippen LogP contribution is -2.26. The maximum absolute atomic E-state index is 11.1. The predicted octanol–water partition coefficient (Wildman–Crippen LogP) is 0.569. The Balaban J connectivity index is 2.92. The Kier molecular flexibility index (Phi) is 4.28. The van der Waals surface area contributed by atoms with Gasteiger partial charge < -0.3 is 10.0 Å².